The summed E-state index contributed by atoms with van der Waals surface area (Å²) in [7, 11) is 0. The fourth-order valence-corrected chi connectivity index (χ4v) is 0. The van der Waals surface area contributed by atoms with E-state index < -0.39 is 5.97 Å². The molecule has 0 atom stereocenters. The van der Waals surface area contributed by atoms with Crippen LogP contribution in [0.3, 0.4) is 0 Å². The summed E-state index contributed by atoms with van der Waals surface area (Å²) in [6.07, 6.45) is 0. The van der Waals surface area contributed by atoms with Gasteiger partial charge in [0.15, 0.2) is 0 Å². The zero-order chi connectivity index (χ0) is 7.70. The topological polar surface area (TPSA) is 112 Å². The Balaban J connectivity index is -0.0000000383. The molecule has 0 aliphatic rings. The molecule has 0 unspecified atom stereocenters. The molecule has 0 heterocycles. The Morgan fingerprint density at radius 1 is 1.45 bits per heavy atom. The Hall–Kier alpha value is 0.986. The Kier molecular flexibility index (Phi) is 46.3. The van der Waals surface area contributed by atoms with Gasteiger partial charge in [-0.15, -0.1) is 0 Å². The molecule has 0 saturated carbocycles. The van der Waals surface area contributed by atoms with E-state index in [0.29, 0.717) is 6.54 Å². The normalized spacial score (nSPS) is 6.09. The molecule has 0 fully saturated rings. The van der Waals surface area contributed by atoms with Crippen LogP contribution in [0.15, 0.2) is 0 Å². The summed E-state index contributed by atoms with van der Waals surface area (Å²) in [5, 5.41) is 16.9. The van der Waals surface area contributed by atoms with E-state index in [2.05, 4.69) is 5.73 Å². The number of carbonyl (C=O) groups is 1. The van der Waals surface area contributed by atoms with E-state index in [1.54, 1.807) is 0 Å². The van der Waals surface area contributed by atoms with Gasteiger partial charge in [-0.3, -0.25) is 0 Å². The fraction of sp³-hybridized carbons (Fsp3) is 0.800. The summed E-state index contributed by atoms with van der Waals surface area (Å²) in [5.41, 5.74) is 9.29. The second-order valence-corrected chi connectivity index (χ2v) is 1.09. The fourth-order valence-electron chi connectivity index (χ4n) is 0. The van der Waals surface area contributed by atoms with Crippen molar-refractivity contribution in [1.82, 2.24) is 0 Å². The average Bonchev–Trinajstić information content (AvgIpc) is 1.89. The molecular weight excluding hydrogens is 175 g/mol. The average molecular weight is 190 g/mol. The summed E-state index contributed by atoms with van der Waals surface area (Å²) < 4.78 is 0. The van der Waals surface area contributed by atoms with Gasteiger partial charge in [0.1, 0.15) is 0 Å². The van der Waals surface area contributed by atoms with Crippen molar-refractivity contribution in [2.24, 2.45) is 11.5 Å². The van der Waals surface area contributed by atoms with E-state index in [4.69, 9.17) is 20.7 Å². The van der Waals surface area contributed by atoms with Crippen molar-refractivity contribution in [3.8, 4) is 0 Å². The number of nitrogens with two attached hydrogens (primary N) is 2. The van der Waals surface area contributed by atoms with Gasteiger partial charge in [-0.1, -0.05) is 7.43 Å². The minimum Gasteiger partial charge on any atom is -0.549 e. The second-order valence-electron chi connectivity index (χ2n) is 1.09. The Bertz CT molecular complexity index is 70.7. The molecule has 0 aromatic rings. The molecule has 11 heavy (non-hydrogen) atoms. The third-order valence-corrected chi connectivity index (χ3v) is 0.296. The van der Waals surface area contributed by atoms with Crippen LogP contribution in [-0.4, -0.2) is 30.8 Å². The molecule has 5 nitrogen and oxygen atoms in total. The molecule has 6 heteroatoms. The number of hydrogen-bond donors (Lipinski definition) is 3. The van der Waals surface area contributed by atoms with Gasteiger partial charge in [0, 0.05) is 13.1 Å². The Labute approximate surface area is 110 Å². The number of carboxylic acids is 1. The second kappa shape index (κ2) is 22.4. The van der Waals surface area contributed by atoms with Gasteiger partial charge in [-0.05, 0) is 0 Å². The molecule has 0 aliphatic carbocycles. The third-order valence-electron chi connectivity index (χ3n) is 0.296. The molecule has 0 radical (unpaired) electrons. The number of carboxylic acid groups (broad SMARTS) is 1. The molecule has 5 N–H and O–H groups in total. The van der Waals surface area contributed by atoms with Crippen LogP contribution in [0.25, 0.3) is 0 Å². The maximum absolute atomic E-state index is 9.13. The van der Waals surface area contributed by atoms with Crippen LogP contribution in [0, 0.1) is 0 Å². The van der Waals surface area contributed by atoms with E-state index in [1.165, 1.54) is 0 Å². The van der Waals surface area contributed by atoms with Crippen LogP contribution in [0.5, 0.6) is 0 Å². The zero-order valence-electron chi connectivity index (χ0n) is 6.04. The molecule has 0 bridgehead atoms. The van der Waals surface area contributed by atoms with Gasteiger partial charge in [0.2, 0.25) is 0 Å². The molecular formula is C5H15KN2O3. The molecule has 64 valence electrons. The molecule has 0 aromatic carbocycles. The van der Waals surface area contributed by atoms with E-state index in [0.717, 1.165) is 0 Å². The van der Waals surface area contributed by atoms with Crippen molar-refractivity contribution in [2.75, 3.05) is 19.7 Å². The van der Waals surface area contributed by atoms with Crippen molar-refractivity contribution in [2.45, 2.75) is 7.43 Å². The first-order chi connectivity index (χ1) is 4.18. The molecule has 0 spiro atoms. The van der Waals surface area contributed by atoms with Gasteiger partial charge in [-0.2, -0.15) is 0 Å². The molecule has 0 aliphatic heterocycles. The molecule has 0 amide bonds. The zero-order valence-corrected chi connectivity index (χ0v) is 9.16. The summed E-state index contributed by atoms with van der Waals surface area (Å²) >= 11 is 0. The first kappa shape index (κ1) is 22.7. The van der Waals surface area contributed by atoms with Crippen LogP contribution < -0.4 is 68.0 Å². The summed E-state index contributed by atoms with van der Waals surface area (Å²) in [5.74, 6) is -1.22. The Morgan fingerprint density at radius 3 is 1.64 bits per heavy atom. The van der Waals surface area contributed by atoms with Gasteiger partial charge in [0.25, 0.3) is 0 Å². The molecule has 0 rings (SSSR count). The van der Waals surface area contributed by atoms with Gasteiger partial charge >= 0.3 is 51.4 Å². The van der Waals surface area contributed by atoms with Crippen molar-refractivity contribution < 1.29 is 66.4 Å². The SMILES string of the molecule is C.NCC(=O)[O-].NCCO.[K+]. The minimum atomic E-state index is -1.22. The first-order valence-corrected chi connectivity index (χ1v) is 2.39. The largest absolute Gasteiger partial charge is 1.00 e. The summed E-state index contributed by atoms with van der Waals surface area (Å²) in [6.45, 7) is 0.0833. The van der Waals surface area contributed by atoms with Crippen LogP contribution >= 0.6 is 0 Å². The third kappa shape index (κ3) is 55.8. The number of aliphatic carboxylic acids is 1. The summed E-state index contributed by atoms with van der Waals surface area (Å²) in [6, 6.07) is 0. The van der Waals surface area contributed by atoms with Crippen LogP contribution in [0.4, 0.5) is 0 Å². The Morgan fingerprint density at radius 2 is 1.64 bits per heavy atom. The maximum Gasteiger partial charge on any atom is 1.00 e. The van der Waals surface area contributed by atoms with Gasteiger partial charge in [-0.25, -0.2) is 0 Å². The quantitative estimate of drug-likeness (QED) is 0.376. The van der Waals surface area contributed by atoms with Crippen molar-refractivity contribution in [1.29, 1.82) is 0 Å². The van der Waals surface area contributed by atoms with Crippen molar-refractivity contribution in [3.63, 3.8) is 0 Å². The van der Waals surface area contributed by atoms with E-state index in [-0.39, 0.29) is 72.0 Å². The number of hydrogen-bond acceptors (Lipinski definition) is 5. The van der Waals surface area contributed by atoms with E-state index in [9.17, 15) is 0 Å². The standard InChI is InChI=1S/C2H5NO2.C2H7NO.CH4.K/c3-1-2(4)5;3-1-2-4;;/h1,3H2,(H,4,5);4H,1-3H2;1H4;/q;;;+1/p-1. The number of aliphatic hydroxyl groups is 1. The van der Waals surface area contributed by atoms with Gasteiger partial charge in [0.05, 0.1) is 12.6 Å². The molecule has 0 aromatic heterocycles. The van der Waals surface area contributed by atoms with Crippen LogP contribution in [0.1, 0.15) is 7.43 Å². The maximum atomic E-state index is 9.13. The predicted molar refractivity (Wildman–Crippen MR) is 36.9 cm³/mol. The van der Waals surface area contributed by atoms with Crippen LogP contribution in [-0.2, 0) is 4.79 Å². The first-order valence-electron chi connectivity index (χ1n) is 2.39. The van der Waals surface area contributed by atoms with Crippen molar-refractivity contribution >= 4 is 5.97 Å². The monoisotopic (exact) mass is 190 g/mol. The number of carbonyl (C=O) groups excluding carboxylic acids is 1. The predicted octanol–water partition coefficient (Wildman–Crippen LogP) is -5.73. The van der Waals surface area contributed by atoms with Crippen LogP contribution in [0.2, 0.25) is 0 Å². The van der Waals surface area contributed by atoms with Gasteiger partial charge < -0.3 is 26.5 Å². The number of aliphatic hydroxyl groups excluding tert-OH is 1. The summed E-state index contributed by atoms with van der Waals surface area (Å²) in [4.78, 5) is 9.13. The molecule has 0 saturated heterocycles. The van der Waals surface area contributed by atoms with E-state index >= 15 is 0 Å². The van der Waals surface area contributed by atoms with E-state index in [1.807, 2.05) is 0 Å². The minimum absolute atomic E-state index is 0. The smallest absolute Gasteiger partial charge is 0.549 e. The number of rotatable bonds is 2. The van der Waals surface area contributed by atoms with Crippen molar-refractivity contribution in [3.05, 3.63) is 0 Å².